The van der Waals surface area contributed by atoms with Crippen molar-refractivity contribution in [3.8, 4) is 0 Å². The van der Waals surface area contributed by atoms with Crippen molar-refractivity contribution in [1.82, 2.24) is 10.6 Å². The molecule has 0 radical (unpaired) electrons. The molecule has 58 heavy (non-hydrogen) atoms. The van der Waals surface area contributed by atoms with Crippen LogP contribution in [0.25, 0.3) is 0 Å². The number of benzene rings is 1. The predicted molar refractivity (Wildman–Crippen MR) is 258 cm³/mol. The quantitative estimate of drug-likeness (QED) is 0.0799. The number of allylic oxidation sites excluding steroid dienone is 3. The standard InChI is InChI=1S/C21H32.C19H37NOS.C12H23NO2/c1-15(2)18(5)21-13-16(3)12-19(14-21)10-11-20-9-7-6-8-17(20)4;1-13(2)11-18(19(21)12-16(6)14(3)4)20-17(7)15(5)9-10-22-8;1-8(2)11(9(3)14)13-10(4)15-12(5,6)7/h6-9,15,18-19,21H,3,10-14H2,1-2,4-5H3;13,15-16,18-21H,3,7,9-12H2,1-2,4-6,8H3;8,11,13H,4H2,1-3,5-7H3/t18-,19?,21?;15?,16?,18-,19?;/m00./s1. The summed E-state index contributed by atoms with van der Waals surface area (Å²) in [5.41, 5.74) is 6.37. The van der Waals surface area contributed by atoms with Gasteiger partial charge in [0.05, 0.1) is 18.2 Å². The summed E-state index contributed by atoms with van der Waals surface area (Å²) in [7, 11) is 0. The number of aliphatic hydroxyl groups excluding tert-OH is 1. The van der Waals surface area contributed by atoms with E-state index in [0.29, 0.717) is 23.6 Å². The summed E-state index contributed by atoms with van der Waals surface area (Å²) in [5.74, 6) is 6.56. The molecule has 0 heterocycles. The smallest absolute Gasteiger partial charge is 0.180 e. The molecule has 0 aliphatic heterocycles. The van der Waals surface area contributed by atoms with Crippen molar-refractivity contribution < 1.29 is 14.6 Å². The lowest BCUT2D eigenvalue weighted by atomic mass is 9.70. The first kappa shape index (κ1) is 55.6. The number of Topliss-reactive ketones (excluding diaryl/α,β-unsaturated/α-hetero) is 1. The van der Waals surface area contributed by atoms with Gasteiger partial charge in [0.1, 0.15) is 5.60 Å². The van der Waals surface area contributed by atoms with Crippen LogP contribution in [0.15, 0.2) is 73.3 Å². The molecule has 0 spiro atoms. The predicted octanol–water partition coefficient (Wildman–Crippen LogP) is 13.5. The molecule has 1 aliphatic rings. The Morgan fingerprint density at radius 2 is 1.52 bits per heavy atom. The highest BCUT2D eigenvalue weighted by Crippen LogP contribution is 2.40. The van der Waals surface area contributed by atoms with Gasteiger partial charge in [-0.2, -0.15) is 11.8 Å². The molecule has 334 valence electrons. The second-order valence-corrected chi connectivity index (χ2v) is 20.8. The van der Waals surface area contributed by atoms with Gasteiger partial charge in [0.2, 0.25) is 0 Å². The Bertz CT molecular complexity index is 1370. The third-order valence-electron chi connectivity index (χ3n) is 11.8. The molecule has 0 saturated heterocycles. The average molecular weight is 825 g/mol. The molecule has 1 aromatic rings. The molecule has 0 aromatic heterocycles. The number of ether oxygens (including phenoxy) is 1. The molecule has 0 amide bonds. The molecule has 1 aromatic carbocycles. The lowest BCUT2D eigenvalue weighted by molar-refractivity contribution is -0.120. The summed E-state index contributed by atoms with van der Waals surface area (Å²) < 4.78 is 5.51. The molecule has 1 saturated carbocycles. The van der Waals surface area contributed by atoms with E-state index in [0.717, 1.165) is 60.0 Å². The van der Waals surface area contributed by atoms with E-state index in [9.17, 15) is 9.90 Å². The van der Waals surface area contributed by atoms with Crippen LogP contribution in [0.3, 0.4) is 0 Å². The van der Waals surface area contributed by atoms with Gasteiger partial charge in [-0.05, 0) is 170 Å². The fourth-order valence-electron chi connectivity index (χ4n) is 7.58. The molecular weight excluding hydrogens is 733 g/mol. The van der Waals surface area contributed by atoms with Gasteiger partial charge in [-0.3, -0.25) is 4.79 Å². The zero-order chi connectivity index (χ0) is 44.9. The van der Waals surface area contributed by atoms with E-state index in [-0.39, 0.29) is 35.5 Å². The Balaban J connectivity index is 0.000000857. The molecular formula is C52H92N2O3S. The summed E-state index contributed by atoms with van der Waals surface area (Å²) >= 11 is 1.87. The molecule has 1 fully saturated rings. The van der Waals surface area contributed by atoms with Gasteiger partial charge < -0.3 is 20.5 Å². The van der Waals surface area contributed by atoms with Crippen LogP contribution in [0.2, 0.25) is 0 Å². The Morgan fingerprint density at radius 3 is 2.00 bits per heavy atom. The Hall–Kier alpha value is -2.44. The maximum absolute atomic E-state index is 11.3. The second kappa shape index (κ2) is 28.2. The largest absolute Gasteiger partial charge is 0.474 e. The topological polar surface area (TPSA) is 70.6 Å². The first-order valence-electron chi connectivity index (χ1n) is 22.4. The highest BCUT2D eigenvalue weighted by Gasteiger charge is 2.29. The highest BCUT2D eigenvalue weighted by molar-refractivity contribution is 7.98. The highest BCUT2D eigenvalue weighted by atomic mass is 32.2. The molecule has 2 rings (SSSR count). The van der Waals surface area contributed by atoms with E-state index in [1.807, 2.05) is 53.3 Å². The summed E-state index contributed by atoms with van der Waals surface area (Å²) in [6.07, 6.45) is 11.1. The zero-order valence-electron chi connectivity index (χ0n) is 40.5. The van der Waals surface area contributed by atoms with Crippen molar-refractivity contribution in [3.05, 3.63) is 84.4 Å². The van der Waals surface area contributed by atoms with Crippen LogP contribution in [0, 0.1) is 54.3 Å². The third-order valence-corrected chi connectivity index (χ3v) is 12.5. The number of aryl methyl sites for hydroxylation is 2. The van der Waals surface area contributed by atoms with E-state index >= 15 is 0 Å². The van der Waals surface area contributed by atoms with Gasteiger partial charge in [-0.15, -0.1) is 0 Å². The number of hydrogen-bond acceptors (Lipinski definition) is 6. The number of aliphatic hydroxyl groups is 1. The van der Waals surface area contributed by atoms with Crippen LogP contribution in [0.1, 0.15) is 153 Å². The van der Waals surface area contributed by atoms with Crippen LogP contribution in [0.4, 0.5) is 0 Å². The van der Waals surface area contributed by atoms with Crippen molar-refractivity contribution in [1.29, 1.82) is 0 Å². The summed E-state index contributed by atoms with van der Waals surface area (Å²) in [6, 6.07) is 8.69. The Labute approximate surface area is 364 Å². The van der Waals surface area contributed by atoms with E-state index in [1.54, 1.807) is 6.92 Å². The number of rotatable bonds is 22. The van der Waals surface area contributed by atoms with Crippen LogP contribution in [-0.2, 0) is 16.0 Å². The summed E-state index contributed by atoms with van der Waals surface area (Å²) in [5, 5.41) is 17.2. The van der Waals surface area contributed by atoms with Crippen LogP contribution >= 0.6 is 11.8 Å². The lowest BCUT2D eigenvalue weighted by Gasteiger charge is -2.36. The SMILES string of the molecule is C=C(C)C(C)CC(O)[C@H](CC(C)C)NC(=C)C(C)CCSC.C=C(NC(C(C)=O)C(C)C)OC(C)(C)C.C=C1CC(CCc2ccccc2C)CC([C@@H](C)C(C)C)C1. The van der Waals surface area contributed by atoms with E-state index in [2.05, 4.69) is 123 Å². The van der Waals surface area contributed by atoms with Crippen molar-refractivity contribution in [2.24, 2.45) is 47.3 Å². The normalized spacial score (nSPS) is 18.7. The number of carbonyl (C=O) groups excluding carboxylic acids is 1. The van der Waals surface area contributed by atoms with Crippen LogP contribution in [-0.4, -0.2) is 46.7 Å². The number of carbonyl (C=O) groups is 1. The van der Waals surface area contributed by atoms with Crippen molar-refractivity contribution in [3.63, 3.8) is 0 Å². The zero-order valence-corrected chi connectivity index (χ0v) is 41.3. The summed E-state index contributed by atoms with van der Waals surface area (Å²) in [4.78, 5) is 11.3. The molecule has 6 unspecified atom stereocenters. The van der Waals surface area contributed by atoms with Gasteiger partial charge >= 0.3 is 0 Å². The lowest BCUT2D eigenvalue weighted by Crippen LogP contribution is -2.42. The molecule has 1 aliphatic carbocycles. The Kier molecular flexibility index (Phi) is 27.0. The monoisotopic (exact) mass is 825 g/mol. The Morgan fingerprint density at radius 1 is 0.914 bits per heavy atom. The van der Waals surface area contributed by atoms with Gasteiger partial charge in [0.25, 0.3) is 0 Å². The number of ketones is 1. The minimum Gasteiger partial charge on any atom is -0.474 e. The number of nitrogens with one attached hydrogen (secondary N) is 2. The molecule has 8 atom stereocenters. The molecule has 6 heteroatoms. The maximum atomic E-state index is 11.3. The number of hydrogen-bond donors (Lipinski definition) is 3. The maximum Gasteiger partial charge on any atom is 0.180 e. The fraction of sp³-hybridized carbons (Fsp3) is 0.712. The summed E-state index contributed by atoms with van der Waals surface area (Å²) in [6.45, 7) is 47.8. The van der Waals surface area contributed by atoms with Gasteiger partial charge in [0, 0.05) is 5.70 Å². The van der Waals surface area contributed by atoms with Crippen molar-refractivity contribution >= 4 is 17.5 Å². The minimum absolute atomic E-state index is 0.0750. The molecule has 3 N–H and O–H groups in total. The van der Waals surface area contributed by atoms with E-state index in [4.69, 9.17) is 4.74 Å². The third kappa shape index (κ3) is 24.0. The fourth-order valence-corrected chi connectivity index (χ4v) is 8.17. The minimum atomic E-state index is -0.362. The first-order valence-corrected chi connectivity index (χ1v) is 23.8. The second-order valence-electron chi connectivity index (χ2n) is 19.8. The van der Waals surface area contributed by atoms with Gasteiger partial charge in [0.15, 0.2) is 11.7 Å². The van der Waals surface area contributed by atoms with E-state index in [1.165, 1.54) is 48.8 Å². The molecule has 5 nitrogen and oxygen atoms in total. The van der Waals surface area contributed by atoms with E-state index < -0.39 is 0 Å². The van der Waals surface area contributed by atoms with Gasteiger partial charge in [-0.25, -0.2) is 0 Å². The van der Waals surface area contributed by atoms with Crippen LogP contribution < -0.4 is 10.6 Å². The molecule has 0 bridgehead atoms. The number of thioether (sulfide) groups is 1. The van der Waals surface area contributed by atoms with Crippen LogP contribution in [0.5, 0.6) is 0 Å². The first-order chi connectivity index (χ1) is 26.8. The van der Waals surface area contributed by atoms with Gasteiger partial charge in [-0.1, -0.05) is 117 Å². The average Bonchev–Trinajstić information content (AvgIpc) is 3.10. The van der Waals surface area contributed by atoms with Crippen molar-refractivity contribution in [2.45, 2.75) is 179 Å². The van der Waals surface area contributed by atoms with Crippen molar-refractivity contribution in [2.75, 3.05) is 12.0 Å².